The summed E-state index contributed by atoms with van der Waals surface area (Å²) < 4.78 is 1.79. The van der Waals surface area contributed by atoms with E-state index in [1.54, 1.807) is 16.9 Å². The number of nitrogens with two attached hydrogens (primary N) is 1. The maximum atomic E-state index is 6.08. The van der Waals surface area contributed by atoms with E-state index in [4.69, 9.17) is 28.9 Å². The average Bonchev–Trinajstić information content (AvgIpc) is 2.71. The Morgan fingerprint density at radius 1 is 1.38 bits per heavy atom. The zero-order valence-electron chi connectivity index (χ0n) is 8.61. The van der Waals surface area contributed by atoms with E-state index in [1.807, 2.05) is 13.0 Å². The smallest absolute Gasteiger partial charge is 0.143 e. The highest BCUT2D eigenvalue weighted by Gasteiger charge is 2.12. The number of pyridine rings is 1. The van der Waals surface area contributed by atoms with Crippen LogP contribution in [0.1, 0.15) is 6.92 Å². The first-order chi connectivity index (χ1) is 7.63. The van der Waals surface area contributed by atoms with Crippen molar-refractivity contribution in [2.75, 3.05) is 5.73 Å². The average molecular weight is 257 g/mol. The molecule has 16 heavy (non-hydrogen) atoms. The summed E-state index contributed by atoms with van der Waals surface area (Å²) in [6.07, 6.45) is 1.70. The SMILES string of the molecule is CCn1nccc1-c1nc(N)c(Cl)cc1Cl. The number of hydrogen-bond acceptors (Lipinski definition) is 3. The van der Waals surface area contributed by atoms with Crippen molar-refractivity contribution in [2.24, 2.45) is 0 Å². The minimum atomic E-state index is 0.268. The van der Waals surface area contributed by atoms with Crippen LogP contribution in [0.3, 0.4) is 0 Å². The molecule has 4 nitrogen and oxygen atoms in total. The number of aryl methyl sites for hydroxylation is 1. The first-order valence-corrected chi connectivity index (χ1v) is 5.52. The van der Waals surface area contributed by atoms with Gasteiger partial charge >= 0.3 is 0 Å². The van der Waals surface area contributed by atoms with E-state index in [2.05, 4.69) is 10.1 Å². The number of halogens is 2. The summed E-state index contributed by atoms with van der Waals surface area (Å²) in [4.78, 5) is 4.18. The highest BCUT2D eigenvalue weighted by Crippen LogP contribution is 2.30. The first-order valence-electron chi connectivity index (χ1n) is 4.77. The van der Waals surface area contributed by atoms with Gasteiger partial charge in [0.2, 0.25) is 0 Å². The van der Waals surface area contributed by atoms with Crippen LogP contribution in [0.5, 0.6) is 0 Å². The normalized spacial score (nSPS) is 10.7. The van der Waals surface area contributed by atoms with Crippen molar-refractivity contribution in [1.82, 2.24) is 14.8 Å². The quantitative estimate of drug-likeness (QED) is 0.899. The molecule has 0 aliphatic carbocycles. The van der Waals surface area contributed by atoms with Gasteiger partial charge in [-0.1, -0.05) is 23.2 Å². The monoisotopic (exact) mass is 256 g/mol. The lowest BCUT2D eigenvalue weighted by Crippen LogP contribution is -2.02. The second kappa shape index (κ2) is 4.31. The Morgan fingerprint density at radius 2 is 2.12 bits per heavy atom. The van der Waals surface area contributed by atoms with Gasteiger partial charge < -0.3 is 5.73 Å². The molecule has 0 bridgehead atoms. The van der Waals surface area contributed by atoms with Crippen molar-refractivity contribution in [3.05, 3.63) is 28.4 Å². The fraction of sp³-hybridized carbons (Fsp3) is 0.200. The van der Waals surface area contributed by atoms with Crippen molar-refractivity contribution < 1.29 is 0 Å². The Hall–Kier alpha value is -1.26. The van der Waals surface area contributed by atoms with Crippen molar-refractivity contribution in [3.8, 4) is 11.4 Å². The predicted octanol–water partition coefficient (Wildman–Crippen LogP) is 2.85. The van der Waals surface area contributed by atoms with E-state index >= 15 is 0 Å². The second-order valence-corrected chi connectivity index (χ2v) is 4.03. The number of hydrogen-bond donors (Lipinski definition) is 1. The lowest BCUT2D eigenvalue weighted by Gasteiger charge is -2.07. The summed E-state index contributed by atoms with van der Waals surface area (Å²) in [6.45, 7) is 2.73. The number of aromatic nitrogens is 3. The highest BCUT2D eigenvalue weighted by molar-refractivity contribution is 6.37. The van der Waals surface area contributed by atoms with Gasteiger partial charge in [0, 0.05) is 12.7 Å². The minimum absolute atomic E-state index is 0.268. The molecule has 0 aliphatic rings. The molecule has 2 aromatic rings. The van der Waals surface area contributed by atoms with Gasteiger partial charge in [-0.15, -0.1) is 0 Å². The van der Waals surface area contributed by atoms with Gasteiger partial charge in [-0.25, -0.2) is 4.98 Å². The summed E-state index contributed by atoms with van der Waals surface area (Å²) >= 11 is 11.9. The molecule has 6 heteroatoms. The van der Waals surface area contributed by atoms with E-state index in [9.17, 15) is 0 Å². The van der Waals surface area contributed by atoms with Crippen LogP contribution in [0.2, 0.25) is 10.0 Å². The van der Waals surface area contributed by atoms with Crippen molar-refractivity contribution >= 4 is 29.0 Å². The fourth-order valence-electron chi connectivity index (χ4n) is 1.45. The molecule has 84 valence electrons. The molecule has 2 rings (SSSR count). The zero-order chi connectivity index (χ0) is 11.7. The number of nitrogen functional groups attached to an aromatic ring is 1. The van der Waals surface area contributed by atoms with Gasteiger partial charge in [0.15, 0.2) is 0 Å². The third-order valence-corrected chi connectivity index (χ3v) is 2.81. The lowest BCUT2D eigenvalue weighted by atomic mass is 10.2. The molecule has 2 aromatic heterocycles. The Labute approximate surface area is 103 Å². The van der Waals surface area contributed by atoms with Crippen LogP contribution >= 0.6 is 23.2 Å². The molecule has 2 N–H and O–H groups in total. The molecule has 0 saturated heterocycles. The lowest BCUT2D eigenvalue weighted by molar-refractivity contribution is 0.666. The van der Waals surface area contributed by atoms with Crippen molar-refractivity contribution in [2.45, 2.75) is 13.5 Å². The van der Waals surface area contributed by atoms with Gasteiger partial charge in [-0.2, -0.15) is 5.10 Å². The molecule has 0 fully saturated rings. The van der Waals surface area contributed by atoms with E-state index in [1.165, 1.54) is 0 Å². The number of rotatable bonds is 2. The molecule has 0 aliphatic heterocycles. The maximum Gasteiger partial charge on any atom is 0.143 e. The molecule has 0 spiro atoms. The second-order valence-electron chi connectivity index (χ2n) is 3.22. The summed E-state index contributed by atoms with van der Waals surface area (Å²) in [5.41, 5.74) is 7.09. The molecule has 0 atom stereocenters. The van der Waals surface area contributed by atoms with Crippen molar-refractivity contribution in [3.63, 3.8) is 0 Å². The van der Waals surface area contributed by atoms with Gasteiger partial charge in [0.05, 0.1) is 15.7 Å². The van der Waals surface area contributed by atoms with Crippen LogP contribution in [0.4, 0.5) is 5.82 Å². The molecular formula is C10H10Cl2N4. The molecule has 0 unspecified atom stereocenters. The summed E-state index contributed by atoms with van der Waals surface area (Å²) in [7, 11) is 0. The van der Waals surface area contributed by atoms with Crippen LogP contribution in [0, 0.1) is 0 Å². The summed E-state index contributed by atoms with van der Waals surface area (Å²) in [5.74, 6) is 0.268. The Kier molecular flexibility index (Phi) is 3.03. The van der Waals surface area contributed by atoms with E-state index in [0.717, 1.165) is 12.2 Å². The Bertz CT molecular complexity index is 522. The van der Waals surface area contributed by atoms with E-state index in [-0.39, 0.29) is 5.82 Å². The third kappa shape index (κ3) is 1.86. The molecular weight excluding hydrogens is 247 g/mol. The molecule has 0 aromatic carbocycles. The Balaban J connectivity index is 2.60. The first kappa shape index (κ1) is 11.2. The van der Waals surface area contributed by atoms with Crippen LogP contribution in [-0.2, 0) is 6.54 Å². The van der Waals surface area contributed by atoms with Crippen LogP contribution in [0.25, 0.3) is 11.4 Å². The van der Waals surface area contributed by atoms with E-state index < -0.39 is 0 Å². The summed E-state index contributed by atoms with van der Waals surface area (Å²) in [5, 5.41) is 4.97. The molecule has 2 heterocycles. The fourth-order valence-corrected chi connectivity index (χ4v) is 1.90. The maximum absolute atomic E-state index is 6.08. The molecule has 0 amide bonds. The number of nitrogens with zero attached hydrogens (tertiary/aromatic N) is 3. The summed E-state index contributed by atoms with van der Waals surface area (Å²) in [6, 6.07) is 3.43. The molecule has 0 saturated carbocycles. The largest absolute Gasteiger partial charge is 0.382 e. The third-order valence-electron chi connectivity index (χ3n) is 2.22. The van der Waals surface area contributed by atoms with Gasteiger partial charge in [0.1, 0.15) is 11.5 Å². The Morgan fingerprint density at radius 3 is 2.81 bits per heavy atom. The van der Waals surface area contributed by atoms with Gasteiger partial charge in [-0.05, 0) is 19.1 Å². The van der Waals surface area contributed by atoms with E-state index in [0.29, 0.717) is 15.7 Å². The zero-order valence-corrected chi connectivity index (χ0v) is 10.1. The van der Waals surface area contributed by atoms with Gasteiger partial charge in [0.25, 0.3) is 0 Å². The van der Waals surface area contributed by atoms with Crippen molar-refractivity contribution in [1.29, 1.82) is 0 Å². The predicted molar refractivity (Wildman–Crippen MR) is 65.6 cm³/mol. The van der Waals surface area contributed by atoms with Crippen LogP contribution < -0.4 is 5.73 Å². The molecule has 0 radical (unpaired) electrons. The topological polar surface area (TPSA) is 56.7 Å². The standard InChI is InChI=1S/C10H10Cl2N4/c1-2-16-8(3-4-14-16)9-6(11)5-7(12)10(13)15-9/h3-5H,2H2,1H3,(H2,13,15). The van der Waals surface area contributed by atoms with Crippen LogP contribution in [0.15, 0.2) is 18.3 Å². The minimum Gasteiger partial charge on any atom is -0.382 e. The van der Waals surface area contributed by atoms with Crippen LogP contribution in [-0.4, -0.2) is 14.8 Å². The highest BCUT2D eigenvalue weighted by atomic mass is 35.5. The van der Waals surface area contributed by atoms with Gasteiger partial charge in [-0.3, -0.25) is 4.68 Å². The number of anilines is 1.